The first-order chi connectivity index (χ1) is 6.95. The molecule has 0 unspecified atom stereocenters. The maximum Gasteiger partial charge on any atom is 0.120 e. The van der Waals surface area contributed by atoms with Crippen LogP contribution in [0.15, 0.2) is 12.2 Å². The van der Waals surface area contributed by atoms with E-state index in [4.69, 9.17) is 0 Å². The topological polar surface area (TPSA) is 17.1 Å². The van der Waals surface area contributed by atoms with Gasteiger partial charge in [0.15, 0.2) is 0 Å². The largest absolute Gasteiger partial charge is 0.303 e. The van der Waals surface area contributed by atoms with Gasteiger partial charge in [-0.2, -0.15) is 0 Å². The normalized spacial score (nSPS) is 27.8. The van der Waals surface area contributed by atoms with Crippen molar-refractivity contribution in [2.24, 2.45) is 17.3 Å². The van der Waals surface area contributed by atoms with Crippen molar-refractivity contribution in [3.05, 3.63) is 12.2 Å². The molecule has 1 fully saturated rings. The third kappa shape index (κ3) is 3.48. The molecule has 0 spiro atoms. The molecule has 1 nitrogen and oxygen atoms in total. The molecule has 1 heteroatoms. The summed E-state index contributed by atoms with van der Waals surface area (Å²) < 4.78 is 0. The molecule has 0 heterocycles. The third-order valence-corrected chi connectivity index (χ3v) is 3.82. The van der Waals surface area contributed by atoms with Gasteiger partial charge in [0.25, 0.3) is 0 Å². The monoisotopic (exact) mass is 208 g/mol. The zero-order valence-corrected chi connectivity index (χ0v) is 10.4. The summed E-state index contributed by atoms with van der Waals surface area (Å²) in [5.41, 5.74) is 1.78. The molecule has 1 rings (SSSR count). The zero-order chi connectivity index (χ0) is 11.5. The molecule has 0 aromatic rings. The van der Waals surface area contributed by atoms with Crippen molar-refractivity contribution in [2.45, 2.75) is 52.9 Å². The number of carbonyl (C=O) groups is 1. The Hall–Kier alpha value is -0.590. The quantitative estimate of drug-likeness (QED) is 0.506. The van der Waals surface area contributed by atoms with Crippen LogP contribution in [0.2, 0.25) is 0 Å². The van der Waals surface area contributed by atoms with Gasteiger partial charge in [-0.05, 0) is 42.9 Å². The number of allylic oxidation sites excluding steroid dienone is 1. The Kier molecular flexibility index (Phi) is 4.12. The van der Waals surface area contributed by atoms with Gasteiger partial charge in [-0.15, -0.1) is 0 Å². The summed E-state index contributed by atoms with van der Waals surface area (Å²) in [6, 6.07) is 0. The second-order valence-electron chi connectivity index (χ2n) is 5.94. The van der Waals surface area contributed by atoms with E-state index in [0.29, 0.717) is 17.8 Å². The minimum absolute atomic E-state index is 0.403. The maximum absolute atomic E-state index is 10.4. The van der Waals surface area contributed by atoms with Gasteiger partial charge in [0.2, 0.25) is 0 Å². The molecule has 0 N–H and O–H groups in total. The van der Waals surface area contributed by atoms with E-state index >= 15 is 0 Å². The smallest absolute Gasteiger partial charge is 0.120 e. The van der Waals surface area contributed by atoms with Gasteiger partial charge >= 0.3 is 0 Å². The maximum atomic E-state index is 10.4. The zero-order valence-electron chi connectivity index (χ0n) is 10.4. The van der Waals surface area contributed by atoms with Gasteiger partial charge < -0.3 is 4.79 Å². The van der Waals surface area contributed by atoms with Gasteiger partial charge in [-0.1, -0.05) is 32.9 Å². The number of rotatable bonds is 3. The summed E-state index contributed by atoms with van der Waals surface area (Å²) in [5, 5.41) is 0. The van der Waals surface area contributed by atoms with Crippen LogP contribution in [0.5, 0.6) is 0 Å². The Morgan fingerprint density at radius 2 is 2.13 bits per heavy atom. The highest BCUT2D eigenvalue weighted by molar-refractivity contribution is 5.49. The Morgan fingerprint density at radius 3 is 2.67 bits per heavy atom. The molecule has 0 saturated heterocycles. The van der Waals surface area contributed by atoms with Gasteiger partial charge in [0, 0.05) is 6.42 Å². The van der Waals surface area contributed by atoms with Gasteiger partial charge in [-0.25, -0.2) is 0 Å². The van der Waals surface area contributed by atoms with Crippen LogP contribution in [0.4, 0.5) is 0 Å². The Morgan fingerprint density at radius 1 is 1.47 bits per heavy atom. The second-order valence-corrected chi connectivity index (χ2v) is 5.94. The van der Waals surface area contributed by atoms with Crippen LogP contribution >= 0.6 is 0 Å². The van der Waals surface area contributed by atoms with E-state index < -0.39 is 0 Å². The molecule has 0 amide bonds. The average Bonchev–Trinajstić information content (AvgIpc) is 2.15. The summed E-state index contributed by atoms with van der Waals surface area (Å²) in [6.07, 6.45) is 6.41. The molecule has 15 heavy (non-hydrogen) atoms. The average molecular weight is 208 g/mol. The first-order valence-corrected chi connectivity index (χ1v) is 6.06. The molecule has 0 aromatic carbocycles. The van der Waals surface area contributed by atoms with Gasteiger partial charge in [0.05, 0.1) is 0 Å². The molecular formula is C14H24O. The lowest BCUT2D eigenvalue weighted by Crippen LogP contribution is -2.28. The van der Waals surface area contributed by atoms with Gasteiger partial charge in [0.1, 0.15) is 6.29 Å². The van der Waals surface area contributed by atoms with Crippen LogP contribution in [0.3, 0.4) is 0 Å². The minimum atomic E-state index is 0.403. The highest BCUT2D eigenvalue weighted by Crippen LogP contribution is 2.43. The van der Waals surface area contributed by atoms with E-state index in [-0.39, 0.29) is 0 Å². The Bertz CT molecular complexity index is 234. The van der Waals surface area contributed by atoms with E-state index in [0.717, 1.165) is 25.0 Å². The molecule has 0 aliphatic heterocycles. The molecule has 0 bridgehead atoms. The first kappa shape index (κ1) is 12.5. The third-order valence-electron chi connectivity index (χ3n) is 3.82. The number of aldehydes is 1. The van der Waals surface area contributed by atoms with Gasteiger partial charge in [-0.3, -0.25) is 0 Å². The number of hydrogen-bond donors (Lipinski definition) is 0. The van der Waals surface area contributed by atoms with Crippen molar-refractivity contribution in [1.29, 1.82) is 0 Å². The molecule has 86 valence electrons. The van der Waals surface area contributed by atoms with Crippen LogP contribution in [-0.4, -0.2) is 6.29 Å². The fourth-order valence-corrected chi connectivity index (χ4v) is 2.57. The van der Waals surface area contributed by atoms with Crippen molar-refractivity contribution >= 4 is 6.29 Å². The van der Waals surface area contributed by atoms with Crippen LogP contribution in [0, 0.1) is 17.3 Å². The summed E-state index contributed by atoms with van der Waals surface area (Å²) >= 11 is 0. The number of carbonyl (C=O) groups excluding carboxylic acids is 1. The van der Waals surface area contributed by atoms with Crippen molar-refractivity contribution in [2.75, 3.05) is 0 Å². The van der Waals surface area contributed by atoms with E-state index in [2.05, 4.69) is 27.4 Å². The van der Waals surface area contributed by atoms with Crippen LogP contribution in [0.25, 0.3) is 0 Å². The highest BCUT2D eigenvalue weighted by atomic mass is 16.1. The van der Waals surface area contributed by atoms with Crippen molar-refractivity contribution in [1.82, 2.24) is 0 Å². The fraction of sp³-hybridized carbons (Fsp3) is 0.786. The lowest BCUT2D eigenvalue weighted by Gasteiger charge is -2.38. The first-order valence-electron chi connectivity index (χ1n) is 6.06. The van der Waals surface area contributed by atoms with Crippen LogP contribution < -0.4 is 0 Å². The summed E-state index contributed by atoms with van der Waals surface area (Å²) in [7, 11) is 0. The SMILES string of the molecule is C=C1CC[C@@H](C(C)(C)C)C[C@H]1CCC=O. The lowest BCUT2D eigenvalue weighted by molar-refractivity contribution is -0.108. The molecule has 0 radical (unpaired) electrons. The van der Waals surface area contributed by atoms with E-state index in [1.165, 1.54) is 18.4 Å². The van der Waals surface area contributed by atoms with E-state index in [9.17, 15) is 4.79 Å². The van der Waals surface area contributed by atoms with Crippen molar-refractivity contribution in [3.8, 4) is 0 Å². The van der Waals surface area contributed by atoms with E-state index in [1.807, 2.05) is 0 Å². The Balaban J connectivity index is 2.55. The summed E-state index contributed by atoms with van der Waals surface area (Å²) in [4.78, 5) is 10.4. The van der Waals surface area contributed by atoms with Crippen LogP contribution in [-0.2, 0) is 4.79 Å². The molecule has 1 aliphatic carbocycles. The second kappa shape index (κ2) is 4.96. The lowest BCUT2D eigenvalue weighted by atomic mass is 9.67. The van der Waals surface area contributed by atoms with Crippen molar-refractivity contribution < 1.29 is 4.79 Å². The predicted octanol–water partition coefficient (Wildman–Crippen LogP) is 3.98. The molecule has 1 aliphatic rings. The molecule has 1 saturated carbocycles. The molecule has 2 atom stereocenters. The Labute approximate surface area is 93.9 Å². The highest BCUT2D eigenvalue weighted by Gasteiger charge is 2.31. The fourth-order valence-electron chi connectivity index (χ4n) is 2.57. The molecule has 0 aromatic heterocycles. The minimum Gasteiger partial charge on any atom is -0.303 e. The van der Waals surface area contributed by atoms with Crippen molar-refractivity contribution in [3.63, 3.8) is 0 Å². The standard InChI is InChI=1S/C14H24O/c1-11-7-8-13(14(2,3)4)10-12(11)6-5-9-15/h9,12-13H,1,5-8,10H2,2-4H3/t12-,13-/m1/s1. The van der Waals surface area contributed by atoms with Crippen LogP contribution in [0.1, 0.15) is 52.9 Å². The summed E-state index contributed by atoms with van der Waals surface area (Å²) in [5.74, 6) is 1.38. The predicted molar refractivity (Wildman–Crippen MR) is 64.7 cm³/mol. The number of hydrogen-bond acceptors (Lipinski definition) is 1. The molecular weight excluding hydrogens is 184 g/mol. The van der Waals surface area contributed by atoms with E-state index in [1.54, 1.807) is 0 Å². The summed E-state index contributed by atoms with van der Waals surface area (Å²) in [6.45, 7) is 11.1.